The van der Waals surface area contributed by atoms with Crippen molar-refractivity contribution in [1.29, 1.82) is 0 Å². The molecule has 0 spiro atoms. The van der Waals surface area contributed by atoms with E-state index in [0.29, 0.717) is 0 Å². The summed E-state index contributed by atoms with van der Waals surface area (Å²) in [5.41, 5.74) is 0.0155. The van der Waals surface area contributed by atoms with Gasteiger partial charge in [0.05, 0.1) is 0 Å². The molecule has 72 valence electrons. The minimum absolute atomic E-state index is 0. The van der Waals surface area contributed by atoms with E-state index in [1.165, 1.54) is 6.20 Å². The normalized spacial score (nSPS) is 10.9. The van der Waals surface area contributed by atoms with Crippen LogP contribution in [0.1, 0.15) is 5.56 Å². The molecular weight excluding hydrogens is 224 g/mol. The van der Waals surface area contributed by atoms with E-state index in [1.807, 2.05) is 0 Å². The summed E-state index contributed by atoms with van der Waals surface area (Å²) >= 11 is 0. The second-order valence-corrected chi connectivity index (χ2v) is 2.72. The second-order valence-electron chi connectivity index (χ2n) is 2.72. The van der Waals surface area contributed by atoms with Crippen LogP contribution in [0.5, 0.6) is 0 Å². The topological polar surface area (TPSA) is 12.9 Å². The van der Waals surface area contributed by atoms with Crippen molar-refractivity contribution < 1.29 is 68.7 Å². The average molecular weight is 231 g/mol. The molecule has 0 aromatic carbocycles. The second kappa shape index (κ2) is 6.22. The van der Waals surface area contributed by atoms with Crippen molar-refractivity contribution in [3.8, 4) is 0 Å². The fraction of sp³-hybridized carbons (Fsp3) is 0.286. The van der Waals surface area contributed by atoms with Crippen LogP contribution in [0.2, 0.25) is 6.32 Å². The number of halogens is 4. The van der Waals surface area contributed by atoms with Crippen LogP contribution in [-0.4, -0.2) is 12.0 Å². The predicted molar refractivity (Wildman–Crippen MR) is 41.8 cm³/mol. The van der Waals surface area contributed by atoms with Crippen LogP contribution in [0.15, 0.2) is 18.5 Å². The van der Waals surface area contributed by atoms with Crippen LogP contribution in [0.4, 0.5) is 17.3 Å². The van der Waals surface area contributed by atoms with Crippen molar-refractivity contribution in [2.24, 2.45) is 0 Å². The van der Waals surface area contributed by atoms with Crippen LogP contribution < -0.4 is 51.4 Å². The number of nitrogens with zero attached hydrogens (tertiary/aromatic N) is 1. The van der Waals surface area contributed by atoms with Crippen molar-refractivity contribution >= 4 is 6.98 Å². The molecule has 0 aliphatic carbocycles. The molecule has 0 aliphatic heterocycles. The predicted octanol–water partition coefficient (Wildman–Crippen LogP) is -0.385. The monoisotopic (exact) mass is 231 g/mol. The fourth-order valence-electron chi connectivity index (χ4n) is 0.913. The Labute approximate surface area is 122 Å². The summed E-state index contributed by atoms with van der Waals surface area (Å²) in [6, 6.07) is 1.05. The Balaban J connectivity index is 0.00000169. The van der Waals surface area contributed by atoms with E-state index < -0.39 is 19.1 Å². The van der Waals surface area contributed by atoms with Crippen LogP contribution in [-0.2, 0) is 6.42 Å². The number of aromatic nitrogens is 1. The number of hydrogen-bond acceptors (Lipinski definition) is 1. The largest absolute Gasteiger partial charge is 1.00 e. The van der Waals surface area contributed by atoms with Gasteiger partial charge in [-0.05, 0) is 12.5 Å². The van der Waals surface area contributed by atoms with E-state index in [9.17, 15) is 17.3 Å². The first-order chi connectivity index (χ1) is 5.99. The van der Waals surface area contributed by atoms with Gasteiger partial charge in [-0.3, -0.25) is 4.98 Å². The molecule has 0 fully saturated rings. The number of rotatable bonds is 3. The third-order valence-electron chi connectivity index (χ3n) is 1.59. The molecule has 14 heavy (non-hydrogen) atoms. The summed E-state index contributed by atoms with van der Waals surface area (Å²) in [7, 11) is 0. The molecule has 1 aromatic rings. The summed E-state index contributed by atoms with van der Waals surface area (Å²) in [4.78, 5) is 3.55. The molecule has 0 amide bonds. The number of pyridine rings is 1. The molecule has 1 rings (SSSR count). The van der Waals surface area contributed by atoms with Gasteiger partial charge in [0, 0.05) is 18.0 Å². The number of hydrogen-bond donors (Lipinski definition) is 0. The van der Waals surface area contributed by atoms with Gasteiger partial charge in [-0.25, -0.2) is 4.39 Å². The van der Waals surface area contributed by atoms with Gasteiger partial charge >= 0.3 is 58.4 Å². The average Bonchev–Trinajstić information content (AvgIpc) is 2.01. The molecule has 7 heteroatoms. The fourth-order valence-corrected chi connectivity index (χ4v) is 0.913. The Kier molecular flexibility index (Phi) is 6.47. The van der Waals surface area contributed by atoms with E-state index in [1.54, 1.807) is 0 Å². The molecular formula is C7H7BF4KN. The molecule has 0 N–H and O–H groups in total. The Morgan fingerprint density at radius 3 is 2.43 bits per heavy atom. The Morgan fingerprint density at radius 1 is 1.29 bits per heavy atom. The molecule has 0 saturated carbocycles. The van der Waals surface area contributed by atoms with Gasteiger partial charge in [0.25, 0.3) is 0 Å². The van der Waals surface area contributed by atoms with E-state index in [0.717, 1.165) is 12.3 Å². The first-order valence-electron chi connectivity index (χ1n) is 3.78. The first kappa shape index (κ1) is 14.6. The zero-order valence-electron chi connectivity index (χ0n) is 7.68. The van der Waals surface area contributed by atoms with E-state index in [4.69, 9.17) is 0 Å². The van der Waals surface area contributed by atoms with Crippen LogP contribution in [0.3, 0.4) is 0 Å². The standard InChI is InChI=1S/C7H7BF4N.K/c9-7-2-4-13-5-6(7)1-3-8(10,11)12;/h2,4-5H,1,3H2;/q-1;+1. The third-order valence-corrected chi connectivity index (χ3v) is 1.59. The maximum absolute atomic E-state index is 12.8. The summed E-state index contributed by atoms with van der Waals surface area (Å²) in [6.07, 6.45) is 1.04. The molecule has 0 saturated heterocycles. The van der Waals surface area contributed by atoms with Crippen LogP contribution in [0.25, 0.3) is 0 Å². The Hall–Kier alpha value is 0.571. The molecule has 0 atom stereocenters. The molecule has 0 aliphatic rings. The molecule has 0 radical (unpaired) electrons. The quantitative estimate of drug-likeness (QED) is 0.510. The van der Waals surface area contributed by atoms with Crippen molar-refractivity contribution in [3.05, 3.63) is 29.8 Å². The SMILES string of the molecule is Fc1ccncc1CC[B-](F)(F)F.[K+]. The van der Waals surface area contributed by atoms with Crippen LogP contribution >= 0.6 is 0 Å². The zero-order chi connectivity index (χ0) is 9.90. The summed E-state index contributed by atoms with van der Waals surface area (Å²) in [5.74, 6) is -0.630. The Bertz CT molecular complexity index is 291. The van der Waals surface area contributed by atoms with Gasteiger partial charge in [-0.2, -0.15) is 0 Å². The summed E-state index contributed by atoms with van der Waals surface area (Å²) in [6.45, 7) is -4.84. The molecule has 1 aromatic heterocycles. The number of aryl methyl sites for hydroxylation is 1. The Morgan fingerprint density at radius 2 is 1.93 bits per heavy atom. The van der Waals surface area contributed by atoms with Gasteiger partial charge in [0.15, 0.2) is 0 Å². The van der Waals surface area contributed by atoms with Crippen molar-refractivity contribution in [1.82, 2.24) is 4.98 Å². The van der Waals surface area contributed by atoms with E-state index >= 15 is 0 Å². The van der Waals surface area contributed by atoms with Gasteiger partial charge in [0.1, 0.15) is 5.82 Å². The maximum Gasteiger partial charge on any atom is 1.00 e. The maximum atomic E-state index is 12.8. The summed E-state index contributed by atoms with van der Waals surface area (Å²) in [5, 5.41) is 0. The molecule has 0 bridgehead atoms. The minimum atomic E-state index is -4.84. The van der Waals surface area contributed by atoms with Gasteiger partial charge in [-0.1, -0.05) is 6.32 Å². The molecule has 1 nitrogen and oxygen atoms in total. The smallest absolute Gasteiger partial charge is 0.449 e. The van der Waals surface area contributed by atoms with Gasteiger partial charge < -0.3 is 12.9 Å². The van der Waals surface area contributed by atoms with Crippen LogP contribution in [0, 0.1) is 5.82 Å². The van der Waals surface area contributed by atoms with Gasteiger partial charge in [-0.15, -0.1) is 0 Å². The summed E-state index contributed by atoms with van der Waals surface area (Å²) < 4.78 is 48.1. The van der Waals surface area contributed by atoms with E-state index in [2.05, 4.69) is 4.98 Å². The zero-order valence-corrected chi connectivity index (χ0v) is 10.8. The minimum Gasteiger partial charge on any atom is -0.449 e. The molecule has 1 heterocycles. The van der Waals surface area contributed by atoms with Gasteiger partial charge in [0.2, 0.25) is 0 Å². The third kappa shape index (κ3) is 5.45. The first-order valence-corrected chi connectivity index (χ1v) is 3.78. The van der Waals surface area contributed by atoms with E-state index in [-0.39, 0.29) is 63.4 Å². The van der Waals surface area contributed by atoms with Crippen molar-refractivity contribution in [2.45, 2.75) is 12.7 Å². The molecule has 0 unspecified atom stereocenters. The van der Waals surface area contributed by atoms with Crippen molar-refractivity contribution in [3.63, 3.8) is 0 Å². The van der Waals surface area contributed by atoms with Crippen molar-refractivity contribution in [2.75, 3.05) is 0 Å².